The highest BCUT2D eigenvalue weighted by molar-refractivity contribution is 6.08. The molecule has 0 spiro atoms. The van der Waals surface area contributed by atoms with Crippen molar-refractivity contribution >= 4 is 5.78 Å². The van der Waals surface area contributed by atoms with Gasteiger partial charge in [-0.15, -0.1) is 0 Å². The number of carbonyl (C=O) groups is 1. The van der Waals surface area contributed by atoms with E-state index in [1.807, 2.05) is 25.1 Å². The molecule has 1 aromatic heterocycles. The highest BCUT2D eigenvalue weighted by Gasteiger charge is 2.20. The normalized spacial score (nSPS) is 15.4. The molecule has 0 bridgehead atoms. The summed E-state index contributed by atoms with van der Waals surface area (Å²) in [6, 6.07) is 9.81. The first-order valence-electron chi connectivity index (χ1n) is 6.44. The van der Waals surface area contributed by atoms with Gasteiger partial charge >= 0.3 is 0 Å². The first kappa shape index (κ1) is 11.3. The monoisotopic (exact) mass is 240 g/mol. The van der Waals surface area contributed by atoms with Gasteiger partial charge < -0.3 is 4.42 Å². The highest BCUT2D eigenvalue weighted by atomic mass is 16.3. The van der Waals surface area contributed by atoms with E-state index in [-0.39, 0.29) is 5.78 Å². The summed E-state index contributed by atoms with van der Waals surface area (Å²) >= 11 is 0. The Labute approximate surface area is 107 Å². The van der Waals surface area contributed by atoms with E-state index in [0.717, 1.165) is 11.3 Å². The Morgan fingerprint density at radius 1 is 1.22 bits per heavy atom. The van der Waals surface area contributed by atoms with E-state index in [1.165, 1.54) is 31.1 Å². The average molecular weight is 240 g/mol. The molecule has 0 saturated heterocycles. The van der Waals surface area contributed by atoms with E-state index in [4.69, 9.17) is 4.42 Å². The molecule has 3 rings (SSSR count). The van der Waals surface area contributed by atoms with Crippen LogP contribution in [0.5, 0.6) is 0 Å². The molecule has 0 aliphatic heterocycles. The Morgan fingerprint density at radius 3 is 2.67 bits per heavy atom. The van der Waals surface area contributed by atoms with Crippen LogP contribution in [0.2, 0.25) is 0 Å². The van der Waals surface area contributed by atoms with E-state index in [1.54, 1.807) is 6.07 Å². The molecule has 0 N–H and O–H groups in total. The number of rotatable bonds is 3. The standard InChI is InChI=1S/C16H16O2/c1-11-8-15(10-18-11)16(17)14-7-3-6-13(9-14)12-4-2-5-12/h3,6-10,12H,2,4-5H2,1H3. The fraction of sp³-hybridized carbons (Fsp3) is 0.312. The lowest BCUT2D eigenvalue weighted by Gasteiger charge is -2.26. The molecule has 0 radical (unpaired) electrons. The highest BCUT2D eigenvalue weighted by Crippen LogP contribution is 2.36. The van der Waals surface area contributed by atoms with Crippen LogP contribution in [0.15, 0.2) is 41.0 Å². The maximum atomic E-state index is 12.3. The van der Waals surface area contributed by atoms with Gasteiger partial charge in [0.05, 0.1) is 5.56 Å². The zero-order valence-electron chi connectivity index (χ0n) is 10.5. The molecule has 2 heteroatoms. The summed E-state index contributed by atoms with van der Waals surface area (Å²) in [5, 5.41) is 0. The SMILES string of the molecule is Cc1cc(C(=O)c2cccc(C3CCC3)c2)co1. The average Bonchev–Trinajstić information content (AvgIpc) is 2.73. The van der Waals surface area contributed by atoms with Gasteiger partial charge in [-0.05, 0) is 43.4 Å². The summed E-state index contributed by atoms with van der Waals surface area (Å²) in [6.07, 6.45) is 5.35. The fourth-order valence-electron chi connectivity index (χ4n) is 2.40. The number of ketones is 1. The molecule has 2 aromatic rings. The Bertz CT molecular complexity index is 576. The number of benzene rings is 1. The van der Waals surface area contributed by atoms with Gasteiger partial charge in [0.1, 0.15) is 12.0 Å². The van der Waals surface area contributed by atoms with Crippen LogP contribution in [0.1, 0.15) is 52.4 Å². The van der Waals surface area contributed by atoms with Crippen LogP contribution in [0, 0.1) is 6.92 Å². The summed E-state index contributed by atoms with van der Waals surface area (Å²) < 4.78 is 5.20. The van der Waals surface area contributed by atoms with Crippen molar-refractivity contribution in [2.75, 3.05) is 0 Å². The number of hydrogen-bond acceptors (Lipinski definition) is 2. The van der Waals surface area contributed by atoms with Gasteiger partial charge in [-0.25, -0.2) is 0 Å². The minimum atomic E-state index is 0.0491. The molecular formula is C16H16O2. The van der Waals surface area contributed by atoms with E-state index < -0.39 is 0 Å². The third-order valence-electron chi connectivity index (χ3n) is 3.72. The number of hydrogen-bond donors (Lipinski definition) is 0. The second-order valence-electron chi connectivity index (χ2n) is 5.03. The van der Waals surface area contributed by atoms with Gasteiger partial charge in [-0.1, -0.05) is 24.6 Å². The van der Waals surface area contributed by atoms with Crippen LogP contribution in [0.3, 0.4) is 0 Å². The van der Waals surface area contributed by atoms with Crippen molar-refractivity contribution in [3.63, 3.8) is 0 Å². The molecule has 0 atom stereocenters. The zero-order chi connectivity index (χ0) is 12.5. The summed E-state index contributed by atoms with van der Waals surface area (Å²) in [5.74, 6) is 1.48. The molecule has 92 valence electrons. The summed E-state index contributed by atoms with van der Waals surface area (Å²) in [6.45, 7) is 1.85. The van der Waals surface area contributed by atoms with Crippen LogP contribution in [0.25, 0.3) is 0 Å². The second-order valence-corrected chi connectivity index (χ2v) is 5.03. The maximum Gasteiger partial charge on any atom is 0.196 e. The van der Waals surface area contributed by atoms with E-state index in [2.05, 4.69) is 6.07 Å². The molecule has 0 amide bonds. The number of furan rings is 1. The summed E-state index contributed by atoms with van der Waals surface area (Å²) in [4.78, 5) is 12.3. The summed E-state index contributed by atoms with van der Waals surface area (Å²) in [7, 11) is 0. The molecular weight excluding hydrogens is 224 g/mol. The van der Waals surface area contributed by atoms with Crippen molar-refractivity contribution < 1.29 is 9.21 Å². The van der Waals surface area contributed by atoms with Gasteiger partial charge in [0, 0.05) is 5.56 Å². The lowest BCUT2D eigenvalue weighted by molar-refractivity contribution is 0.103. The Hall–Kier alpha value is -1.83. The number of aryl methyl sites for hydroxylation is 1. The van der Waals surface area contributed by atoms with E-state index >= 15 is 0 Å². The smallest absolute Gasteiger partial charge is 0.196 e. The van der Waals surface area contributed by atoms with E-state index in [9.17, 15) is 4.79 Å². The first-order chi connectivity index (χ1) is 8.74. The molecule has 1 aliphatic rings. The second kappa shape index (κ2) is 4.45. The van der Waals surface area contributed by atoms with Crippen molar-refractivity contribution in [1.29, 1.82) is 0 Å². The maximum absolute atomic E-state index is 12.3. The van der Waals surface area contributed by atoms with Crippen LogP contribution < -0.4 is 0 Å². The van der Waals surface area contributed by atoms with Crippen molar-refractivity contribution in [2.45, 2.75) is 32.1 Å². The van der Waals surface area contributed by atoms with Crippen molar-refractivity contribution in [3.05, 3.63) is 59.0 Å². The minimum absolute atomic E-state index is 0.0491. The molecule has 1 fully saturated rings. The largest absolute Gasteiger partial charge is 0.469 e. The number of carbonyl (C=O) groups excluding carboxylic acids is 1. The molecule has 1 heterocycles. The lowest BCUT2D eigenvalue weighted by atomic mass is 9.79. The summed E-state index contributed by atoms with van der Waals surface area (Å²) in [5.41, 5.74) is 2.70. The van der Waals surface area contributed by atoms with Gasteiger partial charge in [0.15, 0.2) is 5.78 Å². The molecule has 2 nitrogen and oxygen atoms in total. The lowest BCUT2D eigenvalue weighted by Crippen LogP contribution is -2.10. The third kappa shape index (κ3) is 1.99. The van der Waals surface area contributed by atoms with Crippen LogP contribution >= 0.6 is 0 Å². The molecule has 1 aliphatic carbocycles. The molecule has 1 aromatic carbocycles. The predicted octanol–water partition coefficient (Wildman–Crippen LogP) is 4.09. The van der Waals surface area contributed by atoms with Gasteiger partial charge in [0.2, 0.25) is 0 Å². The minimum Gasteiger partial charge on any atom is -0.469 e. The van der Waals surface area contributed by atoms with Crippen LogP contribution in [-0.4, -0.2) is 5.78 Å². The van der Waals surface area contributed by atoms with Crippen LogP contribution in [0.4, 0.5) is 0 Å². The Morgan fingerprint density at radius 2 is 2.06 bits per heavy atom. The molecule has 1 saturated carbocycles. The van der Waals surface area contributed by atoms with Crippen molar-refractivity contribution in [2.24, 2.45) is 0 Å². The Kier molecular flexibility index (Phi) is 2.78. The van der Waals surface area contributed by atoms with Crippen LogP contribution in [-0.2, 0) is 0 Å². The van der Waals surface area contributed by atoms with Gasteiger partial charge in [0.25, 0.3) is 0 Å². The van der Waals surface area contributed by atoms with Gasteiger partial charge in [-0.2, -0.15) is 0 Å². The fourth-order valence-corrected chi connectivity index (χ4v) is 2.40. The predicted molar refractivity (Wildman–Crippen MR) is 69.9 cm³/mol. The quantitative estimate of drug-likeness (QED) is 0.756. The molecule has 18 heavy (non-hydrogen) atoms. The molecule has 0 unspecified atom stereocenters. The topological polar surface area (TPSA) is 30.2 Å². The van der Waals surface area contributed by atoms with E-state index in [0.29, 0.717) is 11.5 Å². The Balaban J connectivity index is 1.89. The first-order valence-corrected chi connectivity index (χ1v) is 6.44. The zero-order valence-corrected chi connectivity index (χ0v) is 10.5. The third-order valence-corrected chi connectivity index (χ3v) is 3.72. The van der Waals surface area contributed by atoms with Crippen molar-refractivity contribution in [1.82, 2.24) is 0 Å². The van der Waals surface area contributed by atoms with Gasteiger partial charge in [-0.3, -0.25) is 4.79 Å². The van der Waals surface area contributed by atoms with Crippen molar-refractivity contribution in [3.8, 4) is 0 Å².